The van der Waals surface area contributed by atoms with Gasteiger partial charge in [-0.15, -0.1) is 0 Å². The fraction of sp³-hybridized carbons (Fsp3) is 0.235. The van der Waals surface area contributed by atoms with Crippen molar-refractivity contribution in [3.63, 3.8) is 0 Å². The highest BCUT2D eigenvalue weighted by molar-refractivity contribution is 5.94. The van der Waals surface area contributed by atoms with Crippen molar-refractivity contribution in [1.29, 1.82) is 0 Å². The Bertz CT molecular complexity index is 972. The van der Waals surface area contributed by atoms with Crippen LogP contribution >= 0.6 is 0 Å². The molecular formula is C17H17N5O. The van der Waals surface area contributed by atoms with Gasteiger partial charge in [0, 0.05) is 47.4 Å². The van der Waals surface area contributed by atoms with E-state index in [4.69, 9.17) is 4.52 Å². The normalized spacial score (nSPS) is 11.4. The predicted molar refractivity (Wildman–Crippen MR) is 88.0 cm³/mol. The smallest absolute Gasteiger partial charge is 0.141 e. The van der Waals surface area contributed by atoms with Crippen molar-refractivity contribution >= 4 is 11.0 Å². The Labute approximate surface area is 133 Å². The van der Waals surface area contributed by atoms with Crippen LogP contribution in [0.25, 0.3) is 33.3 Å². The quantitative estimate of drug-likeness (QED) is 0.626. The molecule has 0 aromatic carbocycles. The van der Waals surface area contributed by atoms with E-state index in [1.165, 1.54) is 0 Å². The minimum Gasteiger partial charge on any atom is -0.361 e. The predicted octanol–water partition coefficient (Wildman–Crippen LogP) is 3.72. The molecule has 0 amide bonds. The Balaban J connectivity index is 1.83. The number of aromatic nitrogens is 5. The summed E-state index contributed by atoms with van der Waals surface area (Å²) < 4.78 is 7.16. The lowest BCUT2D eigenvalue weighted by atomic mass is 10.1. The van der Waals surface area contributed by atoms with Gasteiger partial charge in [-0.2, -0.15) is 5.10 Å². The van der Waals surface area contributed by atoms with Crippen molar-refractivity contribution < 1.29 is 4.52 Å². The van der Waals surface area contributed by atoms with Gasteiger partial charge in [0.2, 0.25) is 0 Å². The summed E-state index contributed by atoms with van der Waals surface area (Å²) in [5.74, 6) is 0.805. The van der Waals surface area contributed by atoms with Crippen LogP contribution in [0.5, 0.6) is 0 Å². The second-order valence-electron chi connectivity index (χ2n) is 5.61. The van der Waals surface area contributed by atoms with E-state index >= 15 is 0 Å². The van der Waals surface area contributed by atoms with Crippen LogP contribution in [0, 0.1) is 13.8 Å². The summed E-state index contributed by atoms with van der Waals surface area (Å²) in [6.45, 7) is 6.78. The van der Waals surface area contributed by atoms with Gasteiger partial charge < -0.3 is 9.51 Å². The zero-order valence-electron chi connectivity index (χ0n) is 13.3. The third-order valence-corrected chi connectivity index (χ3v) is 4.11. The molecule has 0 aliphatic heterocycles. The molecule has 0 aliphatic rings. The number of nitrogens with one attached hydrogen (secondary N) is 1. The van der Waals surface area contributed by atoms with Crippen LogP contribution in [0.15, 0.2) is 35.4 Å². The molecule has 0 atom stereocenters. The molecule has 4 aromatic rings. The molecule has 1 N–H and O–H groups in total. The van der Waals surface area contributed by atoms with Crippen molar-refractivity contribution in [1.82, 2.24) is 24.9 Å². The Kier molecular flexibility index (Phi) is 3.04. The average molecular weight is 307 g/mol. The highest BCUT2D eigenvalue weighted by Crippen LogP contribution is 2.32. The molecule has 0 fully saturated rings. The first-order valence-electron chi connectivity index (χ1n) is 7.60. The first-order chi connectivity index (χ1) is 11.2. The van der Waals surface area contributed by atoms with E-state index in [-0.39, 0.29) is 0 Å². The number of aryl methyl sites for hydroxylation is 3. The lowest BCUT2D eigenvalue weighted by Gasteiger charge is -2.01. The van der Waals surface area contributed by atoms with Crippen LogP contribution in [0.3, 0.4) is 0 Å². The molecule has 0 bridgehead atoms. The van der Waals surface area contributed by atoms with Crippen molar-refractivity contribution in [3.05, 3.63) is 42.3 Å². The highest BCUT2D eigenvalue weighted by atomic mass is 16.5. The molecular weight excluding hydrogens is 290 g/mol. The maximum atomic E-state index is 5.25. The van der Waals surface area contributed by atoms with Gasteiger partial charge in [-0.05, 0) is 26.8 Å². The van der Waals surface area contributed by atoms with Crippen LogP contribution in [-0.2, 0) is 6.54 Å². The fourth-order valence-electron chi connectivity index (χ4n) is 2.94. The fourth-order valence-corrected chi connectivity index (χ4v) is 2.94. The van der Waals surface area contributed by atoms with Crippen molar-refractivity contribution in [2.24, 2.45) is 0 Å². The number of rotatable bonds is 3. The molecule has 4 rings (SSSR count). The first kappa shape index (κ1) is 13.8. The van der Waals surface area contributed by atoms with Crippen molar-refractivity contribution in [3.8, 4) is 22.3 Å². The number of aromatic amines is 1. The van der Waals surface area contributed by atoms with Crippen LogP contribution in [-0.4, -0.2) is 24.9 Å². The van der Waals surface area contributed by atoms with Crippen molar-refractivity contribution in [2.75, 3.05) is 0 Å². The standard InChI is InChI=1S/C17H17N5O/c1-4-22-9-13(7-20-22)14-8-18-15-5-12(6-19-17(14)15)16-10(2)21-23-11(16)3/h5-9,18H,4H2,1-3H3. The summed E-state index contributed by atoms with van der Waals surface area (Å²) in [6.07, 6.45) is 7.75. The van der Waals surface area contributed by atoms with Gasteiger partial charge in [-0.1, -0.05) is 5.16 Å². The topological polar surface area (TPSA) is 72.5 Å². The summed E-state index contributed by atoms with van der Waals surface area (Å²) in [7, 11) is 0. The lowest BCUT2D eigenvalue weighted by Crippen LogP contribution is -1.91. The Morgan fingerprint density at radius 3 is 2.78 bits per heavy atom. The summed E-state index contributed by atoms with van der Waals surface area (Å²) in [6, 6.07) is 2.09. The number of fused-ring (bicyclic) bond motifs is 1. The van der Waals surface area contributed by atoms with Crippen LogP contribution in [0.4, 0.5) is 0 Å². The monoisotopic (exact) mass is 307 g/mol. The molecule has 4 aromatic heterocycles. The SMILES string of the molecule is CCn1cc(-c2c[nH]c3cc(-c4c(C)noc4C)cnc23)cn1. The van der Waals surface area contributed by atoms with E-state index < -0.39 is 0 Å². The van der Waals surface area contributed by atoms with Gasteiger partial charge in [0.15, 0.2) is 0 Å². The molecule has 0 saturated heterocycles. The number of hydrogen-bond donors (Lipinski definition) is 1. The maximum absolute atomic E-state index is 5.25. The number of nitrogens with zero attached hydrogens (tertiary/aromatic N) is 4. The van der Waals surface area contributed by atoms with Gasteiger partial charge in [0.1, 0.15) is 5.76 Å². The van der Waals surface area contributed by atoms with Crippen molar-refractivity contribution in [2.45, 2.75) is 27.3 Å². The van der Waals surface area contributed by atoms with Crippen LogP contribution < -0.4 is 0 Å². The zero-order chi connectivity index (χ0) is 16.0. The van der Waals surface area contributed by atoms with Crippen LogP contribution in [0.2, 0.25) is 0 Å². The number of H-pyrrole nitrogens is 1. The molecule has 0 saturated carbocycles. The van der Waals surface area contributed by atoms with Gasteiger partial charge in [0.05, 0.1) is 22.9 Å². The zero-order valence-corrected chi connectivity index (χ0v) is 13.3. The molecule has 0 unspecified atom stereocenters. The minimum absolute atomic E-state index is 0.805. The van der Waals surface area contributed by atoms with E-state index in [1.54, 1.807) is 0 Å². The molecule has 116 valence electrons. The molecule has 0 aliphatic carbocycles. The summed E-state index contributed by atoms with van der Waals surface area (Å²) in [5.41, 5.74) is 6.94. The van der Waals surface area contributed by atoms with E-state index in [1.807, 2.05) is 43.3 Å². The van der Waals surface area contributed by atoms with E-state index in [9.17, 15) is 0 Å². The summed E-state index contributed by atoms with van der Waals surface area (Å²) in [4.78, 5) is 7.96. The second-order valence-corrected chi connectivity index (χ2v) is 5.61. The number of hydrogen-bond acceptors (Lipinski definition) is 4. The molecule has 6 heteroatoms. The Morgan fingerprint density at radius 1 is 1.22 bits per heavy atom. The molecule has 0 radical (unpaired) electrons. The summed E-state index contributed by atoms with van der Waals surface area (Å²) in [5, 5.41) is 8.35. The highest BCUT2D eigenvalue weighted by Gasteiger charge is 2.15. The van der Waals surface area contributed by atoms with Gasteiger partial charge in [-0.3, -0.25) is 9.67 Å². The largest absolute Gasteiger partial charge is 0.361 e. The minimum atomic E-state index is 0.805. The van der Waals surface area contributed by atoms with E-state index in [0.717, 1.165) is 51.3 Å². The Morgan fingerprint density at radius 2 is 2.09 bits per heavy atom. The third kappa shape index (κ3) is 2.14. The molecule has 6 nitrogen and oxygen atoms in total. The van der Waals surface area contributed by atoms with Gasteiger partial charge in [-0.25, -0.2) is 0 Å². The molecule has 0 spiro atoms. The lowest BCUT2D eigenvalue weighted by molar-refractivity contribution is 0.393. The van der Waals surface area contributed by atoms with Gasteiger partial charge in [0.25, 0.3) is 0 Å². The summed E-state index contributed by atoms with van der Waals surface area (Å²) >= 11 is 0. The third-order valence-electron chi connectivity index (χ3n) is 4.11. The molecule has 4 heterocycles. The van der Waals surface area contributed by atoms with Crippen LogP contribution in [0.1, 0.15) is 18.4 Å². The first-order valence-corrected chi connectivity index (χ1v) is 7.60. The number of pyridine rings is 1. The van der Waals surface area contributed by atoms with E-state index in [2.05, 4.69) is 33.2 Å². The second kappa shape index (κ2) is 5.08. The molecule has 23 heavy (non-hydrogen) atoms. The average Bonchev–Trinajstić information content (AvgIpc) is 3.25. The Hall–Kier alpha value is -2.89. The van der Waals surface area contributed by atoms with Gasteiger partial charge >= 0.3 is 0 Å². The maximum Gasteiger partial charge on any atom is 0.141 e. The van der Waals surface area contributed by atoms with E-state index in [0.29, 0.717) is 0 Å².